The van der Waals surface area contributed by atoms with Crippen LogP contribution in [0.25, 0.3) is 33.4 Å². The molecule has 0 atom stereocenters. The number of nitrogens with zero attached hydrogens (tertiary/aromatic N) is 4. The van der Waals surface area contributed by atoms with Crippen LogP contribution >= 0.6 is 0 Å². The lowest BCUT2D eigenvalue weighted by molar-refractivity contribution is 0.358. The van der Waals surface area contributed by atoms with Crippen LogP contribution in [0, 0.1) is 0 Å². The van der Waals surface area contributed by atoms with Gasteiger partial charge in [0, 0.05) is 12.6 Å². The number of hydrogen-bond donors (Lipinski definition) is 0. The summed E-state index contributed by atoms with van der Waals surface area (Å²) >= 11 is 0. The Labute approximate surface area is 150 Å². The summed E-state index contributed by atoms with van der Waals surface area (Å²) in [5.74, 6) is 1.63. The summed E-state index contributed by atoms with van der Waals surface area (Å²) in [5, 5.41) is 4.82. The van der Waals surface area contributed by atoms with E-state index in [9.17, 15) is 0 Å². The lowest BCUT2D eigenvalue weighted by Crippen LogP contribution is -1.97. The van der Waals surface area contributed by atoms with E-state index in [1.54, 1.807) is 7.11 Å². The molecule has 0 amide bonds. The summed E-state index contributed by atoms with van der Waals surface area (Å²) < 4.78 is 15.3. The number of imidazole rings is 1. The van der Waals surface area contributed by atoms with Crippen LogP contribution in [0.4, 0.5) is 0 Å². The van der Waals surface area contributed by atoms with Crippen molar-refractivity contribution < 1.29 is 9.47 Å². The van der Waals surface area contributed by atoms with Crippen LogP contribution in [0.2, 0.25) is 0 Å². The number of aryl methyl sites for hydroxylation is 1. The summed E-state index contributed by atoms with van der Waals surface area (Å²) in [4.78, 5) is 4.41. The zero-order valence-electron chi connectivity index (χ0n) is 14.6. The number of benzene rings is 2. The molecule has 0 fully saturated rings. The van der Waals surface area contributed by atoms with E-state index in [0.29, 0.717) is 6.61 Å². The zero-order chi connectivity index (χ0) is 17.7. The quantitative estimate of drug-likeness (QED) is 0.570. The molecule has 0 aliphatic carbocycles. The van der Waals surface area contributed by atoms with Gasteiger partial charge in [0.1, 0.15) is 18.1 Å². The van der Waals surface area contributed by atoms with E-state index in [1.165, 1.54) is 0 Å². The maximum atomic E-state index is 5.91. The predicted molar refractivity (Wildman–Crippen MR) is 99.4 cm³/mol. The Bertz CT molecular complexity index is 1130. The SMILES string of the molecule is COc1cccc(-c2nn3c(c2-c2ccc4ncn(C)c4c2)OCC3)c1. The number of hydrogen-bond acceptors (Lipinski definition) is 4. The molecular formula is C20H18N4O2. The van der Waals surface area contributed by atoms with E-state index in [1.807, 2.05) is 53.0 Å². The van der Waals surface area contributed by atoms with Crippen LogP contribution in [0.15, 0.2) is 48.8 Å². The normalized spacial score (nSPS) is 13.0. The third kappa shape index (κ3) is 2.19. The van der Waals surface area contributed by atoms with E-state index in [4.69, 9.17) is 14.6 Å². The third-order valence-electron chi connectivity index (χ3n) is 4.80. The molecule has 26 heavy (non-hydrogen) atoms. The third-order valence-corrected chi connectivity index (χ3v) is 4.80. The van der Waals surface area contributed by atoms with E-state index in [0.717, 1.165) is 51.6 Å². The van der Waals surface area contributed by atoms with Crippen molar-refractivity contribution in [2.45, 2.75) is 6.54 Å². The van der Waals surface area contributed by atoms with Crippen LogP contribution in [0.5, 0.6) is 11.6 Å². The Morgan fingerprint density at radius 1 is 1.12 bits per heavy atom. The summed E-state index contributed by atoms with van der Waals surface area (Å²) in [6.45, 7) is 1.42. The van der Waals surface area contributed by atoms with Crippen LogP contribution < -0.4 is 9.47 Å². The number of ether oxygens (including phenoxy) is 2. The Balaban J connectivity index is 1.75. The van der Waals surface area contributed by atoms with Gasteiger partial charge < -0.3 is 14.0 Å². The smallest absolute Gasteiger partial charge is 0.220 e. The minimum atomic E-state index is 0.654. The molecule has 2 aromatic carbocycles. The Morgan fingerprint density at radius 3 is 2.92 bits per heavy atom. The molecule has 0 saturated heterocycles. The van der Waals surface area contributed by atoms with Gasteiger partial charge in [-0.1, -0.05) is 18.2 Å². The number of fused-ring (bicyclic) bond motifs is 2. The minimum Gasteiger partial charge on any atom is -0.497 e. The Kier molecular flexibility index (Phi) is 3.25. The standard InChI is InChI=1S/C20H18N4O2/c1-23-12-21-16-7-6-13(11-17(16)23)18-19(22-24-8-9-26-20(18)24)14-4-3-5-15(10-14)25-2/h3-7,10-12H,8-9H2,1-2H3. The van der Waals surface area contributed by atoms with Crippen molar-refractivity contribution in [3.63, 3.8) is 0 Å². The fourth-order valence-corrected chi connectivity index (χ4v) is 3.49. The number of aromatic nitrogens is 4. The average Bonchev–Trinajstić information content (AvgIpc) is 3.36. The highest BCUT2D eigenvalue weighted by Gasteiger charge is 2.26. The van der Waals surface area contributed by atoms with Crippen LogP contribution in [-0.2, 0) is 13.6 Å². The van der Waals surface area contributed by atoms with Crippen molar-refractivity contribution in [2.24, 2.45) is 7.05 Å². The second kappa shape index (κ2) is 5.62. The molecule has 1 aliphatic heterocycles. The van der Waals surface area contributed by atoms with Gasteiger partial charge in [-0.05, 0) is 29.8 Å². The van der Waals surface area contributed by atoms with Crippen LogP contribution in [0.1, 0.15) is 0 Å². The molecule has 1 aliphatic rings. The lowest BCUT2D eigenvalue weighted by atomic mass is 10.0. The van der Waals surface area contributed by atoms with Crippen LogP contribution in [0.3, 0.4) is 0 Å². The van der Waals surface area contributed by atoms with Gasteiger partial charge in [-0.3, -0.25) is 0 Å². The highest BCUT2D eigenvalue weighted by Crippen LogP contribution is 2.42. The highest BCUT2D eigenvalue weighted by atomic mass is 16.5. The first-order valence-corrected chi connectivity index (χ1v) is 8.54. The Hall–Kier alpha value is -3.28. The summed E-state index contributed by atoms with van der Waals surface area (Å²) in [6, 6.07) is 14.2. The second-order valence-electron chi connectivity index (χ2n) is 6.39. The van der Waals surface area contributed by atoms with Crippen molar-refractivity contribution in [1.29, 1.82) is 0 Å². The minimum absolute atomic E-state index is 0.654. The molecule has 0 bridgehead atoms. The van der Waals surface area contributed by atoms with Gasteiger partial charge in [-0.2, -0.15) is 5.10 Å². The van der Waals surface area contributed by atoms with Gasteiger partial charge in [0.05, 0.1) is 36.6 Å². The fraction of sp³-hybridized carbons (Fsp3) is 0.200. The first-order chi connectivity index (χ1) is 12.7. The molecule has 4 aromatic rings. The van der Waals surface area contributed by atoms with Gasteiger partial charge in [-0.15, -0.1) is 0 Å². The van der Waals surface area contributed by atoms with Gasteiger partial charge in [-0.25, -0.2) is 9.67 Å². The van der Waals surface area contributed by atoms with Gasteiger partial charge in [0.25, 0.3) is 0 Å². The van der Waals surface area contributed by atoms with E-state index < -0.39 is 0 Å². The van der Waals surface area contributed by atoms with Crippen molar-refractivity contribution in [2.75, 3.05) is 13.7 Å². The van der Waals surface area contributed by atoms with Gasteiger partial charge in [0.2, 0.25) is 5.88 Å². The Morgan fingerprint density at radius 2 is 2.04 bits per heavy atom. The largest absolute Gasteiger partial charge is 0.497 e. The first-order valence-electron chi connectivity index (χ1n) is 8.54. The van der Waals surface area contributed by atoms with Crippen molar-refractivity contribution in [3.8, 4) is 34.0 Å². The number of rotatable bonds is 3. The van der Waals surface area contributed by atoms with Gasteiger partial charge >= 0.3 is 0 Å². The molecule has 0 saturated carbocycles. The topological polar surface area (TPSA) is 54.1 Å². The van der Waals surface area contributed by atoms with Crippen molar-refractivity contribution in [1.82, 2.24) is 19.3 Å². The lowest BCUT2D eigenvalue weighted by Gasteiger charge is -2.08. The molecule has 0 radical (unpaired) electrons. The molecule has 0 spiro atoms. The molecular weight excluding hydrogens is 328 g/mol. The molecule has 2 aromatic heterocycles. The number of methoxy groups -OCH3 is 1. The van der Waals surface area contributed by atoms with Crippen molar-refractivity contribution in [3.05, 3.63) is 48.8 Å². The zero-order valence-corrected chi connectivity index (χ0v) is 14.6. The molecule has 3 heterocycles. The first kappa shape index (κ1) is 15.0. The molecule has 5 rings (SSSR count). The van der Waals surface area contributed by atoms with Gasteiger partial charge in [0.15, 0.2) is 0 Å². The van der Waals surface area contributed by atoms with E-state index in [2.05, 4.69) is 17.1 Å². The average molecular weight is 346 g/mol. The predicted octanol–water partition coefficient (Wildman–Crippen LogP) is 3.50. The molecule has 0 N–H and O–H groups in total. The summed E-state index contributed by atoms with van der Waals surface area (Å²) in [7, 11) is 3.67. The maximum Gasteiger partial charge on any atom is 0.220 e. The summed E-state index contributed by atoms with van der Waals surface area (Å²) in [6.07, 6.45) is 1.83. The van der Waals surface area contributed by atoms with Crippen molar-refractivity contribution >= 4 is 11.0 Å². The second-order valence-corrected chi connectivity index (χ2v) is 6.39. The van der Waals surface area contributed by atoms with E-state index >= 15 is 0 Å². The summed E-state index contributed by atoms with van der Waals surface area (Å²) in [5.41, 5.74) is 6.05. The maximum absolute atomic E-state index is 5.91. The highest BCUT2D eigenvalue weighted by molar-refractivity contribution is 5.90. The van der Waals surface area contributed by atoms with E-state index in [-0.39, 0.29) is 0 Å². The fourth-order valence-electron chi connectivity index (χ4n) is 3.49. The molecule has 6 heteroatoms. The monoisotopic (exact) mass is 346 g/mol. The molecule has 130 valence electrons. The molecule has 6 nitrogen and oxygen atoms in total. The molecule has 0 unspecified atom stereocenters. The van der Waals surface area contributed by atoms with Crippen LogP contribution in [-0.4, -0.2) is 33.0 Å².